The van der Waals surface area contributed by atoms with Crippen molar-refractivity contribution in [1.29, 1.82) is 0 Å². The number of carbonyl (C=O) groups excluding carboxylic acids is 2. The SMILES string of the molecule is COC(=O)/C=C/c1cc(F)ccc1NC(C)=O. The molecule has 0 unspecified atom stereocenters. The van der Waals surface area contributed by atoms with E-state index in [-0.39, 0.29) is 5.91 Å². The minimum absolute atomic E-state index is 0.274. The summed E-state index contributed by atoms with van der Waals surface area (Å²) in [5.41, 5.74) is 0.824. The van der Waals surface area contributed by atoms with Crippen LogP contribution in [0.5, 0.6) is 0 Å². The largest absolute Gasteiger partial charge is 0.466 e. The highest BCUT2D eigenvalue weighted by molar-refractivity contribution is 5.93. The lowest BCUT2D eigenvalue weighted by Crippen LogP contribution is -2.07. The number of methoxy groups -OCH3 is 1. The molecule has 1 rings (SSSR count). The second-order valence-corrected chi connectivity index (χ2v) is 3.27. The molecule has 0 aromatic heterocycles. The lowest BCUT2D eigenvalue weighted by molar-refractivity contribution is -0.134. The number of nitrogens with one attached hydrogen (secondary N) is 1. The molecular weight excluding hydrogens is 225 g/mol. The van der Waals surface area contributed by atoms with E-state index in [1.165, 1.54) is 38.3 Å². The van der Waals surface area contributed by atoms with Crippen molar-refractivity contribution >= 4 is 23.6 Å². The number of anilines is 1. The first-order valence-electron chi connectivity index (χ1n) is 4.86. The Morgan fingerprint density at radius 3 is 2.71 bits per heavy atom. The van der Waals surface area contributed by atoms with Gasteiger partial charge in [-0.1, -0.05) is 0 Å². The van der Waals surface area contributed by atoms with Gasteiger partial charge in [-0.3, -0.25) is 4.79 Å². The van der Waals surface area contributed by atoms with Crippen LogP contribution in [0, 0.1) is 5.82 Å². The van der Waals surface area contributed by atoms with Gasteiger partial charge in [-0.05, 0) is 24.3 Å². The zero-order valence-electron chi connectivity index (χ0n) is 9.49. The van der Waals surface area contributed by atoms with Gasteiger partial charge in [0.15, 0.2) is 0 Å². The second kappa shape index (κ2) is 5.79. The Hall–Kier alpha value is -2.17. The zero-order chi connectivity index (χ0) is 12.8. The Kier molecular flexibility index (Phi) is 4.39. The summed E-state index contributed by atoms with van der Waals surface area (Å²) in [5.74, 6) is -1.28. The summed E-state index contributed by atoms with van der Waals surface area (Å²) < 4.78 is 17.4. The minimum atomic E-state index is -0.553. The zero-order valence-corrected chi connectivity index (χ0v) is 9.49. The van der Waals surface area contributed by atoms with Crippen molar-refractivity contribution in [1.82, 2.24) is 0 Å². The Labute approximate surface area is 98.1 Å². The molecule has 5 heteroatoms. The van der Waals surface area contributed by atoms with Crippen LogP contribution in [0.25, 0.3) is 6.08 Å². The summed E-state index contributed by atoms with van der Waals surface area (Å²) in [4.78, 5) is 21.8. The molecule has 90 valence electrons. The predicted molar refractivity (Wildman–Crippen MR) is 61.8 cm³/mol. The molecule has 0 aliphatic heterocycles. The van der Waals surface area contributed by atoms with Crippen LogP contribution >= 0.6 is 0 Å². The highest BCUT2D eigenvalue weighted by Crippen LogP contribution is 2.18. The van der Waals surface area contributed by atoms with Crippen molar-refractivity contribution in [3.8, 4) is 0 Å². The third kappa shape index (κ3) is 4.06. The maximum atomic E-state index is 13.0. The predicted octanol–water partition coefficient (Wildman–Crippen LogP) is 1.97. The molecule has 1 amide bonds. The average molecular weight is 237 g/mol. The fraction of sp³-hybridized carbons (Fsp3) is 0.167. The van der Waals surface area contributed by atoms with Crippen LogP contribution in [0.3, 0.4) is 0 Å². The molecule has 17 heavy (non-hydrogen) atoms. The van der Waals surface area contributed by atoms with Crippen molar-refractivity contribution < 1.29 is 18.7 Å². The molecule has 0 fully saturated rings. The lowest BCUT2D eigenvalue weighted by Gasteiger charge is -2.06. The van der Waals surface area contributed by atoms with Crippen molar-refractivity contribution in [3.05, 3.63) is 35.7 Å². The average Bonchev–Trinajstić information content (AvgIpc) is 2.28. The number of amides is 1. The number of hydrogen-bond acceptors (Lipinski definition) is 3. The molecule has 0 aliphatic carbocycles. The fourth-order valence-corrected chi connectivity index (χ4v) is 1.20. The highest BCUT2D eigenvalue weighted by Gasteiger charge is 2.03. The van der Waals surface area contributed by atoms with Crippen molar-refractivity contribution in [2.75, 3.05) is 12.4 Å². The number of carbonyl (C=O) groups is 2. The fourth-order valence-electron chi connectivity index (χ4n) is 1.20. The first-order valence-corrected chi connectivity index (χ1v) is 4.86. The molecule has 0 atom stereocenters. The van der Waals surface area contributed by atoms with E-state index < -0.39 is 11.8 Å². The lowest BCUT2D eigenvalue weighted by atomic mass is 10.1. The Morgan fingerprint density at radius 2 is 2.12 bits per heavy atom. The van der Waals surface area contributed by atoms with E-state index >= 15 is 0 Å². The molecule has 0 spiro atoms. The molecule has 0 bridgehead atoms. The minimum Gasteiger partial charge on any atom is -0.466 e. The molecule has 0 radical (unpaired) electrons. The van der Waals surface area contributed by atoms with Crippen LogP contribution in [0.15, 0.2) is 24.3 Å². The third-order valence-electron chi connectivity index (χ3n) is 1.92. The van der Waals surface area contributed by atoms with E-state index in [1.807, 2.05) is 0 Å². The second-order valence-electron chi connectivity index (χ2n) is 3.27. The van der Waals surface area contributed by atoms with E-state index in [9.17, 15) is 14.0 Å². The number of esters is 1. The smallest absolute Gasteiger partial charge is 0.330 e. The quantitative estimate of drug-likeness (QED) is 0.646. The molecule has 0 saturated heterocycles. The molecule has 0 heterocycles. The summed E-state index contributed by atoms with van der Waals surface area (Å²) >= 11 is 0. The molecule has 1 aromatic carbocycles. The first kappa shape index (κ1) is 12.9. The van der Waals surface area contributed by atoms with Crippen LogP contribution in [-0.2, 0) is 14.3 Å². The Bertz CT molecular complexity index is 469. The van der Waals surface area contributed by atoms with Gasteiger partial charge in [-0.15, -0.1) is 0 Å². The summed E-state index contributed by atoms with van der Waals surface area (Å²) in [5, 5.41) is 2.53. The van der Waals surface area contributed by atoms with E-state index in [4.69, 9.17) is 0 Å². The number of benzene rings is 1. The van der Waals surface area contributed by atoms with Gasteiger partial charge in [0, 0.05) is 24.3 Å². The molecule has 0 aliphatic rings. The van der Waals surface area contributed by atoms with E-state index in [1.54, 1.807) is 0 Å². The number of hydrogen-bond donors (Lipinski definition) is 1. The Morgan fingerprint density at radius 1 is 1.41 bits per heavy atom. The topological polar surface area (TPSA) is 55.4 Å². The molecule has 1 N–H and O–H groups in total. The molecule has 0 saturated carbocycles. The van der Waals surface area contributed by atoms with Gasteiger partial charge in [0.1, 0.15) is 5.82 Å². The van der Waals surface area contributed by atoms with E-state index in [2.05, 4.69) is 10.1 Å². The monoisotopic (exact) mass is 237 g/mol. The van der Waals surface area contributed by atoms with Gasteiger partial charge in [0.2, 0.25) is 5.91 Å². The van der Waals surface area contributed by atoms with Gasteiger partial charge in [0.05, 0.1) is 7.11 Å². The maximum Gasteiger partial charge on any atom is 0.330 e. The summed E-state index contributed by atoms with van der Waals surface area (Å²) in [6.07, 6.45) is 2.53. The van der Waals surface area contributed by atoms with Crippen molar-refractivity contribution in [2.24, 2.45) is 0 Å². The normalized spacial score (nSPS) is 10.3. The van der Waals surface area contributed by atoms with E-state index in [0.717, 1.165) is 6.08 Å². The third-order valence-corrected chi connectivity index (χ3v) is 1.92. The van der Waals surface area contributed by atoms with Gasteiger partial charge >= 0.3 is 5.97 Å². The van der Waals surface area contributed by atoms with Gasteiger partial charge in [-0.25, -0.2) is 9.18 Å². The van der Waals surface area contributed by atoms with Crippen molar-refractivity contribution in [3.63, 3.8) is 0 Å². The van der Waals surface area contributed by atoms with Crippen LogP contribution in [0.2, 0.25) is 0 Å². The van der Waals surface area contributed by atoms with Crippen LogP contribution in [-0.4, -0.2) is 19.0 Å². The number of halogens is 1. The number of rotatable bonds is 3. The molecular formula is C12H12FNO3. The van der Waals surface area contributed by atoms with Crippen LogP contribution in [0.4, 0.5) is 10.1 Å². The molecule has 1 aromatic rings. The van der Waals surface area contributed by atoms with Crippen molar-refractivity contribution in [2.45, 2.75) is 6.92 Å². The van der Waals surface area contributed by atoms with Gasteiger partial charge in [-0.2, -0.15) is 0 Å². The summed E-state index contributed by atoms with van der Waals surface area (Å²) in [6.45, 7) is 1.34. The van der Waals surface area contributed by atoms with E-state index in [0.29, 0.717) is 11.3 Å². The standard InChI is InChI=1S/C12H12FNO3/c1-8(15)14-11-5-4-10(13)7-9(11)3-6-12(16)17-2/h3-7H,1-2H3,(H,14,15)/b6-3+. The van der Waals surface area contributed by atoms with Gasteiger partial charge in [0.25, 0.3) is 0 Å². The summed E-state index contributed by atoms with van der Waals surface area (Å²) in [6, 6.07) is 3.86. The summed E-state index contributed by atoms with van der Waals surface area (Å²) in [7, 11) is 1.24. The van der Waals surface area contributed by atoms with Crippen LogP contribution in [0.1, 0.15) is 12.5 Å². The number of ether oxygens (including phenoxy) is 1. The molecule has 4 nitrogen and oxygen atoms in total. The maximum absolute atomic E-state index is 13.0. The Balaban J connectivity index is 3.02. The van der Waals surface area contributed by atoms with Gasteiger partial charge < -0.3 is 10.1 Å². The first-order chi connectivity index (χ1) is 8.02. The van der Waals surface area contributed by atoms with Crippen LogP contribution < -0.4 is 5.32 Å². The highest BCUT2D eigenvalue weighted by atomic mass is 19.1.